The van der Waals surface area contributed by atoms with Gasteiger partial charge in [0.2, 0.25) is 5.95 Å². The SMILES string of the molecule is COc1ccc2c(c1)nc(N)n1nc([C@@H]3C[C@H](C)CN(c4cnn(CC(C)(C)O)c4)C3)nc21. The van der Waals surface area contributed by atoms with Gasteiger partial charge in [0.25, 0.3) is 0 Å². The molecule has 3 aromatic heterocycles. The summed E-state index contributed by atoms with van der Waals surface area (Å²) in [6.07, 6.45) is 4.85. The first kappa shape index (κ1) is 21.4. The monoisotopic (exact) mass is 450 g/mol. The fourth-order valence-corrected chi connectivity index (χ4v) is 4.67. The topological polar surface area (TPSA) is 120 Å². The third-order valence-corrected chi connectivity index (χ3v) is 6.08. The molecule has 0 amide bonds. The highest BCUT2D eigenvalue weighted by molar-refractivity contribution is 5.93. The molecule has 3 N–H and O–H groups in total. The lowest BCUT2D eigenvalue weighted by Gasteiger charge is -2.36. The van der Waals surface area contributed by atoms with E-state index in [9.17, 15) is 5.11 Å². The third kappa shape index (κ3) is 4.18. The zero-order chi connectivity index (χ0) is 23.3. The zero-order valence-electron chi connectivity index (χ0n) is 19.4. The third-order valence-electron chi connectivity index (χ3n) is 6.08. The lowest BCUT2D eigenvalue weighted by Crippen LogP contribution is -2.39. The van der Waals surface area contributed by atoms with Gasteiger partial charge in [0.1, 0.15) is 5.75 Å². The number of aromatic nitrogens is 6. The second-order valence-corrected chi connectivity index (χ2v) is 9.71. The first-order chi connectivity index (χ1) is 15.7. The minimum atomic E-state index is -0.817. The van der Waals surface area contributed by atoms with Crippen molar-refractivity contribution in [3.8, 4) is 5.75 Å². The molecule has 10 heteroatoms. The van der Waals surface area contributed by atoms with Gasteiger partial charge in [-0.3, -0.25) is 4.68 Å². The number of ether oxygens (including phenoxy) is 1. The maximum absolute atomic E-state index is 10.1. The van der Waals surface area contributed by atoms with Crippen molar-refractivity contribution >= 4 is 28.2 Å². The lowest BCUT2D eigenvalue weighted by molar-refractivity contribution is 0.0577. The van der Waals surface area contributed by atoms with Gasteiger partial charge in [0.15, 0.2) is 11.5 Å². The summed E-state index contributed by atoms with van der Waals surface area (Å²) in [6, 6.07) is 5.70. The van der Waals surface area contributed by atoms with Crippen LogP contribution in [0.5, 0.6) is 5.75 Å². The standard InChI is InChI=1S/C23H30N8O2/c1-14-7-15(11-29(10-14)16-9-25-30(12-16)13-23(2,3)32)20-27-21-18-6-5-17(33-4)8-19(18)26-22(24)31(21)28-20/h5-6,8-9,12,14-15,32H,7,10-11,13H2,1-4H3,(H2,24,26)/t14-,15+/m0/s1. The van der Waals surface area contributed by atoms with Crippen LogP contribution in [-0.4, -0.2) is 60.3 Å². The molecule has 1 aliphatic rings. The molecule has 0 saturated carbocycles. The summed E-state index contributed by atoms with van der Waals surface area (Å²) in [5.74, 6) is 2.41. The summed E-state index contributed by atoms with van der Waals surface area (Å²) in [6.45, 7) is 7.97. The van der Waals surface area contributed by atoms with Crippen LogP contribution in [0.15, 0.2) is 30.6 Å². The minimum absolute atomic E-state index is 0.152. The van der Waals surface area contributed by atoms with Crippen LogP contribution in [0.3, 0.4) is 0 Å². The molecule has 4 aromatic rings. The number of benzene rings is 1. The van der Waals surface area contributed by atoms with Crippen molar-refractivity contribution in [1.82, 2.24) is 29.4 Å². The van der Waals surface area contributed by atoms with Crippen molar-refractivity contribution in [3.05, 3.63) is 36.4 Å². The Morgan fingerprint density at radius 3 is 2.82 bits per heavy atom. The highest BCUT2D eigenvalue weighted by Crippen LogP contribution is 2.33. The van der Waals surface area contributed by atoms with Gasteiger partial charge in [-0.25, -0.2) is 9.97 Å². The number of aliphatic hydroxyl groups is 1. The van der Waals surface area contributed by atoms with Crippen LogP contribution in [0.25, 0.3) is 16.6 Å². The van der Waals surface area contributed by atoms with Crippen LogP contribution in [0.2, 0.25) is 0 Å². The van der Waals surface area contributed by atoms with Crippen LogP contribution < -0.4 is 15.4 Å². The summed E-state index contributed by atoms with van der Waals surface area (Å²) in [5, 5.41) is 20.2. The van der Waals surface area contributed by atoms with E-state index in [4.69, 9.17) is 20.6 Å². The smallest absolute Gasteiger partial charge is 0.223 e. The first-order valence-corrected chi connectivity index (χ1v) is 11.2. The first-order valence-electron chi connectivity index (χ1n) is 11.2. The molecular formula is C23H30N8O2. The number of nitrogen functional groups attached to an aromatic ring is 1. The van der Waals surface area contributed by atoms with Gasteiger partial charge in [-0.05, 0) is 38.3 Å². The van der Waals surface area contributed by atoms with E-state index in [0.717, 1.165) is 47.7 Å². The molecule has 5 rings (SSSR count). The Balaban J connectivity index is 1.46. The average molecular weight is 451 g/mol. The van der Waals surface area contributed by atoms with E-state index in [2.05, 4.69) is 21.9 Å². The van der Waals surface area contributed by atoms with E-state index in [-0.39, 0.29) is 5.92 Å². The predicted octanol–water partition coefficient (Wildman–Crippen LogP) is 2.47. The Morgan fingerprint density at radius 1 is 1.24 bits per heavy atom. The quantitative estimate of drug-likeness (QED) is 0.476. The van der Waals surface area contributed by atoms with Crippen LogP contribution >= 0.6 is 0 Å². The molecule has 33 heavy (non-hydrogen) atoms. The van der Waals surface area contributed by atoms with Crippen molar-refractivity contribution in [2.75, 3.05) is 30.8 Å². The number of rotatable bonds is 5. The number of piperidine rings is 1. The van der Waals surface area contributed by atoms with E-state index < -0.39 is 5.60 Å². The van der Waals surface area contributed by atoms with Crippen molar-refractivity contribution in [1.29, 1.82) is 0 Å². The van der Waals surface area contributed by atoms with Crippen LogP contribution in [0.1, 0.15) is 38.9 Å². The summed E-state index contributed by atoms with van der Waals surface area (Å²) in [7, 11) is 1.63. The summed E-state index contributed by atoms with van der Waals surface area (Å²) in [4.78, 5) is 11.7. The normalized spacial score (nSPS) is 19.5. The maximum Gasteiger partial charge on any atom is 0.223 e. The fourth-order valence-electron chi connectivity index (χ4n) is 4.67. The maximum atomic E-state index is 10.1. The number of hydrogen-bond acceptors (Lipinski definition) is 8. The molecule has 2 atom stereocenters. The van der Waals surface area contributed by atoms with Crippen LogP contribution in [0, 0.1) is 5.92 Å². The van der Waals surface area contributed by atoms with Crippen molar-refractivity contribution in [2.45, 2.75) is 45.3 Å². The largest absolute Gasteiger partial charge is 0.497 e. The number of nitrogens with zero attached hydrogens (tertiary/aromatic N) is 7. The average Bonchev–Trinajstić information content (AvgIpc) is 3.40. The molecule has 174 valence electrons. The number of nitrogens with two attached hydrogens (primary N) is 1. The Bertz CT molecular complexity index is 1310. The molecule has 1 saturated heterocycles. The molecule has 0 unspecified atom stereocenters. The number of anilines is 2. The van der Waals surface area contributed by atoms with Crippen molar-refractivity contribution < 1.29 is 9.84 Å². The molecule has 0 bridgehead atoms. The minimum Gasteiger partial charge on any atom is -0.497 e. The molecule has 4 heterocycles. The zero-order valence-corrected chi connectivity index (χ0v) is 19.4. The molecular weight excluding hydrogens is 420 g/mol. The van der Waals surface area contributed by atoms with Gasteiger partial charge in [-0.1, -0.05) is 6.92 Å². The molecule has 0 spiro atoms. The van der Waals surface area contributed by atoms with E-state index in [1.165, 1.54) is 0 Å². The number of fused-ring (bicyclic) bond motifs is 3. The lowest BCUT2D eigenvalue weighted by atomic mass is 9.90. The number of methoxy groups -OCH3 is 1. The summed E-state index contributed by atoms with van der Waals surface area (Å²) in [5.41, 5.74) is 7.88. The van der Waals surface area contributed by atoms with Gasteiger partial charge < -0.3 is 20.5 Å². The predicted molar refractivity (Wildman–Crippen MR) is 127 cm³/mol. The fraction of sp³-hybridized carbons (Fsp3) is 0.478. The van der Waals surface area contributed by atoms with Crippen LogP contribution in [0.4, 0.5) is 11.6 Å². The van der Waals surface area contributed by atoms with Gasteiger partial charge in [-0.15, -0.1) is 5.10 Å². The van der Waals surface area contributed by atoms with Crippen molar-refractivity contribution in [3.63, 3.8) is 0 Å². The van der Waals surface area contributed by atoms with Gasteiger partial charge in [0.05, 0.1) is 36.7 Å². The van der Waals surface area contributed by atoms with Gasteiger partial charge in [0, 0.05) is 36.7 Å². The van der Waals surface area contributed by atoms with Crippen molar-refractivity contribution in [2.24, 2.45) is 5.92 Å². The molecule has 0 radical (unpaired) electrons. The molecule has 0 aliphatic carbocycles. The Labute approximate surface area is 192 Å². The number of hydrogen-bond donors (Lipinski definition) is 2. The second-order valence-electron chi connectivity index (χ2n) is 9.71. The Morgan fingerprint density at radius 2 is 2.06 bits per heavy atom. The Kier molecular flexibility index (Phi) is 5.12. The van der Waals surface area contributed by atoms with E-state index in [1.807, 2.05) is 30.6 Å². The van der Waals surface area contributed by atoms with E-state index in [1.54, 1.807) is 30.2 Å². The van der Waals surface area contributed by atoms with E-state index >= 15 is 0 Å². The highest BCUT2D eigenvalue weighted by atomic mass is 16.5. The van der Waals surface area contributed by atoms with Crippen LogP contribution in [-0.2, 0) is 6.54 Å². The molecule has 1 aliphatic heterocycles. The van der Waals surface area contributed by atoms with Gasteiger partial charge in [-0.2, -0.15) is 9.61 Å². The Hall–Kier alpha value is -3.40. The molecule has 1 aromatic carbocycles. The second kappa shape index (κ2) is 7.87. The highest BCUT2D eigenvalue weighted by Gasteiger charge is 2.30. The van der Waals surface area contributed by atoms with Gasteiger partial charge >= 0.3 is 0 Å². The summed E-state index contributed by atoms with van der Waals surface area (Å²) >= 11 is 0. The van der Waals surface area contributed by atoms with E-state index in [0.29, 0.717) is 24.1 Å². The molecule has 10 nitrogen and oxygen atoms in total. The molecule has 1 fully saturated rings. The summed E-state index contributed by atoms with van der Waals surface area (Å²) < 4.78 is 8.74.